The van der Waals surface area contributed by atoms with E-state index in [1.54, 1.807) is 0 Å². The Morgan fingerprint density at radius 2 is 1.88 bits per heavy atom. The van der Waals surface area contributed by atoms with E-state index in [0.29, 0.717) is 18.6 Å². The summed E-state index contributed by atoms with van der Waals surface area (Å²) in [6, 6.07) is 8.35. The summed E-state index contributed by atoms with van der Waals surface area (Å²) in [5.74, 6) is 0.405. The van der Waals surface area contributed by atoms with Gasteiger partial charge in [-0.3, -0.25) is 9.79 Å². The predicted octanol–water partition coefficient (Wildman–Crippen LogP) is 3.17. The smallest absolute Gasteiger partial charge is 0.133 e. The van der Waals surface area contributed by atoms with Crippen LogP contribution in [0.15, 0.2) is 29.3 Å². The number of Topliss-reactive ketones (excluding diaryl/α,β-unsaturated/α-hetero) is 1. The first-order valence-electron chi connectivity index (χ1n) is 5.89. The van der Waals surface area contributed by atoms with E-state index in [4.69, 9.17) is 0 Å². The zero-order valence-electron chi connectivity index (χ0n) is 9.49. The minimum atomic E-state index is 0.0739. The molecule has 0 atom stereocenters. The fraction of sp³-hybridized carbons (Fsp3) is 0.429. The molecule has 0 bridgehead atoms. The fourth-order valence-electron chi connectivity index (χ4n) is 3.05. The highest BCUT2D eigenvalue weighted by Gasteiger charge is 2.43. The second kappa shape index (κ2) is 3.27. The van der Waals surface area contributed by atoms with Crippen LogP contribution in [-0.2, 0) is 10.2 Å². The monoisotopic (exact) mass is 213 g/mol. The average molecular weight is 213 g/mol. The lowest BCUT2D eigenvalue weighted by Crippen LogP contribution is -2.36. The third-order valence-electron chi connectivity index (χ3n) is 4.06. The minimum Gasteiger partial charge on any atom is -0.300 e. The van der Waals surface area contributed by atoms with E-state index < -0.39 is 0 Å². The molecule has 0 aromatic heterocycles. The maximum atomic E-state index is 11.4. The molecule has 0 unspecified atom stereocenters. The molecule has 2 aliphatic rings. The molecule has 2 heteroatoms. The van der Waals surface area contributed by atoms with E-state index in [0.717, 1.165) is 18.5 Å². The Bertz CT molecular complexity index is 477. The van der Waals surface area contributed by atoms with Gasteiger partial charge in [-0.15, -0.1) is 0 Å². The first kappa shape index (κ1) is 9.76. The first-order valence-corrected chi connectivity index (χ1v) is 5.89. The van der Waals surface area contributed by atoms with Crippen LogP contribution in [0, 0.1) is 0 Å². The van der Waals surface area contributed by atoms with Crippen molar-refractivity contribution in [1.82, 2.24) is 0 Å². The quantitative estimate of drug-likeness (QED) is 0.650. The van der Waals surface area contributed by atoms with E-state index >= 15 is 0 Å². The van der Waals surface area contributed by atoms with E-state index in [9.17, 15) is 4.79 Å². The number of benzene rings is 1. The zero-order valence-corrected chi connectivity index (χ0v) is 9.49. The zero-order chi connectivity index (χ0) is 11.2. The van der Waals surface area contributed by atoms with Gasteiger partial charge in [-0.2, -0.15) is 0 Å². The van der Waals surface area contributed by atoms with Crippen molar-refractivity contribution in [3.63, 3.8) is 0 Å². The van der Waals surface area contributed by atoms with Crippen LogP contribution in [0.25, 0.3) is 0 Å². The summed E-state index contributed by atoms with van der Waals surface area (Å²) in [5.41, 5.74) is 3.71. The Kier molecular flexibility index (Phi) is 2.00. The lowest BCUT2D eigenvalue weighted by atomic mass is 9.67. The Hall–Kier alpha value is -1.44. The topological polar surface area (TPSA) is 29.4 Å². The van der Waals surface area contributed by atoms with Crippen molar-refractivity contribution in [2.75, 3.05) is 0 Å². The number of fused-ring (bicyclic) bond motifs is 2. The molecule has 1 saturated carbocycles. The summed E-state index contributed by atoms with van der Waals surface area (Å²) in [6.07, 6.45) is 3.30. The van der Waals surface area contributed by atoms with Crippen molar-refractivity contribution in [1.29, 1.82) is 0 Å². The fourth-order valence-corrected chi connectivity index (χ4v) is 3.05. The van der Waals surface area contributed by atoms with Gasteiger partial charge in [0.25, 0.3) is 0 Å². The van der Waals surface area contributed by atoms with Gasteiger partial charge in [0.2, 0.25) is 0 Å². The number of aliphatic imine (C=N–C) groups is 1. The molecule has 0 N–H and O–H groups in total. The lowest BCUT2D eigenvalue weighted by Gasteiger charge is -2.34. The SMILES string of the molecule is CC1=Nc2ccccc2C12CCC(=O)CC2. The Morgan fingerprint density at radius 1 is 1.19 bits per heavy atom. The molecule has 1 spiro atoms. The molecule has 1 aliphatic heterocycles. The number of para-hydroxylation sites is 1. The number of carbonyl (C=O) groups is 1. The molecule has 0 saturated heterocycles. The summed E-state index contributed by atoms with van der Waals surface area (Å²) in [7, 11) is 0. The van der Waals surface area contributed by atoms with Crippen LogP contribution < -0.4 is 0 Å². The van der Waals surface area contributed by atoms with Crippen LogP contribution in [0.2, 0.25) is 0 Å². The summed E-state index contributed by atoms with van der Waals surface area (Å²) in [5, 5.41) is 0. The van der Waals surface area contributed by atoms with Gasteiger partial charge in [-0.1, -0.05) is 18.2 Å². The number of rotatable bonds is 0. The molecular weight excluding hydrogens is 198 g/mol. The normalized spacial score (nSPS) is 22.1. The van der Waals surface area contributed by atoms with Gasteiger partial charge in [0.05, 0.1) is 5.69 Å². The van der Waals surface area contributed by atoms with Crippen LogP contribution in [0.1, 0.15) is 38.2 Å². The standard InChI is InChI=1S/C14H15NO/c1-10-14(8-6-11(16)7-9-14)12-4-2-3-5-13(12)15-10/h2-5H,6-9H2,1H3. The van der Waals surface area contributed by atoms with Gasteiger partial charge in [0, 0.05) is 24.0 Å². The highest BCUT2D eigenvalue weighted by atomic mass is 16.1. The lowest BCUT2D eigenvalue weighted by molar-refractivity contribution is -0.120. The average Bonchev–Trinajstić information content (AvgIpc) is 2.57. The van der Waals surface area contributed by atoms with Crippen LogP contribution in [0.5, 0.6) is 0 Å². The van der Waals surface area contributed by atoms with Crippen molar-refractivity contribution in [3.05, 3.63) is 29.8 Å². The van der Waals surface area contributed by atoms with E-state index in [1.165, 1.54) is 11.3 Å². The number of carbonyl (C=O) groups excluding carboxylic acids is 1. The maximum Gasteiger partial charge on any atom is 0.133 e. The molecule has 82 valence electrons. The van der Waals surface area contributed by atoms with Crippen molar-refractivity contribution in [3.8, 4) is 0 Å². The van der Waals surface area contributed by atoms with Gasteiger partial charge in [-0.05, 0) is 31.4 Å². The number of hydrogen-bond donors (Lipinski definition) is 0. The molecule has 16 heavy (non-hydrogen) atoms. The molecule has 2 nitrogen and oxygen atoms in total. The van der Waals surface area contributed by atoms with Crippen LogP contribution in [0.3, 0.4) is 0 Å². The Labute approximate surface area is 95.4 Å². The van der Waals surface area contributed by atoms with Gasteiger partial charge in [0.1, 0.15) is 5.78 Å². The van der Waals surface area contributed by atoms with Gasteiger partial charge in [-0.25, -0.2) is 0 Å². The van der Waals surface area contributed by atoms with Gasteiger partial charge >= 0.3 is 0 Å². The van der Waals surface area contributed by atoms with E-state index in [-0.39, 0.29) is 5.41 Å². The van der Waals surface area contributed by atoms with Crippen LogP contribution >= 0.6 is 0 Å². The molecule has 0 amide bonds. The maximum absolute atomic E-state index is 11.4. The van der Waals surface area contributed by atoms with E-state index in [2.05, 4.69) is 30.1 Å². The molecule has 1 aliphatic carbocycles. The number of nitrogens with zero attached hydrogens (tertiary/aromatic N) is 1. The summed E-state index contributed by atoms with van der Waals surface area (Å²) in [4.78, 5) is 16.0. The molecule has 1 aromatic carbocycles. The Balaban J connectivity index is 2.08. The summed E-state index contributed by atoms with van der Waals surface area (Å²) >= 11 is 0. The second-order valence-electron chi connectivity index (χ2n) is 4.84. The molecule has 3 rings (SSSR count). The highest BCUT2D eigenvalue weighted by Crippen LogP contribution is 2.48. The Morgan fingerprint density at radius 3 is 2.62 bits per heavy atom. The van der Waals surface area contributed by atoms with Crippen molar-refractivity contribution in [2.45, 2.75) is 38.0 Å². The third-order valence-corrected chi connectivity index (χ3v) is 4.06. The largest absolute Gasteiger partial charge is 0.300 e. The molecule has 0 radical (unpaired) electrons. The summed E-state index contributed by atoms with van der Waals surface area (Å²) < 4.78 is 0. The van der Waals surface area contributed by atoms with Crippen LogP contribution in [0.4, 0.5) is 5.69 Å². The van der Waals surface area contributed by atoms with Crippen molar-refractivity contribution < 1.29 is 4.79 Å². The van der Waals surface area contributed by atoms with Crippen LogP contribution in [-0.4, -0.2) is 11.5 Å². The van der Waals surface area contributed by atoms with Crippen molar-refractivity contribution >= 4 is 17.2 Å². The number of ketones is 1. The molecule has 1 aromatic rings. The van der Waals surface area contributed by atoms with Crippen molar-refractivity contribution in [2.24, 2.45) is 4.99 Å². The molecule has 1 heterocycles. The minimum absolute atomic E-state index is 0.0739. The molecular formula is C14H15NO. The van der Waals surface area contributed by atoms with Gasteiger partial charge < -0.3 is 0 Å². The predicted molar refractivity (Wildman–Crippen MR) is 64.4 cm³/mol. The molecule has 1 fully saturated rings. The first-order chi connectivity index (χ1) is 7.72. The third kappa shape index (κ3) is 1.19. The highest BCUT2D eigenvalue weighted by molar-refractivity contribution is 6.01. The number of hydrogen-bond acceptors (Lipinski definition) is 2. The van der Waals surface area contributed by atoms with Gasteiger partial charge in [0.15, 0.2) is 0 Å². The second-order valence-corrected chi connectivity index (χ2v) is 4.84. The van der Waals surface area contributed by atoms with E-state index in [1.807, 2.05) is 6.07 Å². The summed E-state index contributed by atoms with van der Waals surface area (Å²) in [6.45, 7) is 2.11.